The Balaban J connectivity index is 2.15. The van der Waals surface area contributed by atoms with Gasteiger partial charge in [0, 0.05) is 5.56 Å². The number of aromatic nitrogens is 1. The lowest BCUT2D eigenvalue weighted by atomic mass is 10.2. The molecule has 1 amide bonds. The summed E-state index contributed by atoms with van der Waals surface area (Å²) in [7, 11) is -3.82. The Bertz CT molecular complexity index is 878. The maximum Gasteiger partial charge on any atom is 0.351 e. The van der Waals surface area contributed by atoms with Crippen molar-refractivity contribution in [1.29, 1.82) is 0 Å². The van der Waals surface area contributed by atoms with Gasteiger partial charge in [0.25, 0.3) is 5.91 Å². The van der Waals surface area contributed by atoms with Gasteiger partial charge in [-0.25, -0.2) is 23.3 Å². The summed E-state index contributed by atoms with van der Waals surface area (Å²) in [6.07, 6.45) is 0. The molecule has 0 radical (unpaired) electrons. The molecule has 1 aromatic heterocycles. The number of halogens is 1. The topological polar surface area (TPSA) is 128 Å². The largest absolute Gasteiger partial charge is 0.462 e. The number of carbonyl (C=O) groups excluding carboxylic acids is 2. The highest BCUT2D eigenvalue weighted by molar-refractivity contribution is 9.10. The van der Waals surface area contributed by atoms with Crippen LogP contribution >= 0.6 is 27.3 Å². The van der Waals surface area contributed by atoms with Crippen LogP contribution in [0.3, 0.4) is 0 Å². The molecule has 0 bridgehead atoms. The van der Waals surface area contributed by atoms with E-state index in [4.69, 9.17) is 9.88 Å². The first kappa shape index (κ1) is 18.5. The molecule has 11 heteroatoms. The molecule has 128 valence electrons. The molecule has 24 heavy (non-hydrogen) atoms. The Morgan fingerprint density at radius 2 is 1.96 bits per heavy atom. The van der Waals surface area contributed by atoms with Gasteiger partial charge < -0.3 is 4.74 Å². The molecule has 0 aliphatic heterocycles. The maximum atomic E-state index is 12.1. The fourth-order valence-electron chi connectivity index (χ4n) is 1.64. The molecule has 2 aromatic rings. The molecule has 1 heterocycles. The Morgan fingerprint density at radius 1 is 1.33 bits per heavy atom. The van der Waals surface area contributed by atoms with E-state index in [0.29, 0.717) is 0 Å². The van der Waals surface area contributed by atoms with Crippen LogP contribution < -0.4 is 10.5 Å². The first-order valence-corrected chi connectivity index (χ1v) is 9.65. The zero-order valence-corrected chi connectivity index (χ0v) is 15.5. The van der Waals surface area contributed by atoms with E-state index in [-0.39, 0.29) is 31.7 Å². The third kappa shape index (κ3) is 4.38. The summed E-state index contributed by atoms with van der Waals surface area (Å²) >= 11 is 4.09. The van der Waals surface area contributed by atoms with E-state index in [0.717, 1.165) is 11.3 Å². The zero-order chi connectivity index (χ0) is 17.9. The van der Waals surface area contributed by atoms with Crippen molar-refractivity contribution in [1.82, 2.24) is 4.98 Å². The van der Waals surface area contributed by atoms with E-state index in [1.807, 2.05) is 0 Å². The molecular weight excluding hydrogens is 422 g/mol. The summed E-state index contributed by atoms with van der Waals surface area (Å²) in [5.74, 6) is -1.05. The third-order valence-corrected chi connectivity index (χ3v) is 5.43. The summed E-state index contributed by atoms with van der Waals surface area (Å²) in [6.45, 7) is 1.90. The SMILES string of the molecule is CCOC(=O)c1sc(NC(=O)c2ccc(S(N)(=O)=O)cc2)nc1Br. The molecule has 0 saturated heterocycles. The number of benzene rings is 1. The van der Waals surface area contributed by atoms with Crippen molar-refractivity contribution in [2.24, 2.45) is 5.14 Å². The van der Waals surface area contributed by atoms with E-state index in [1.54, 1.807) is 6.92 Å². The normalized spacial score (nSPS) is 11.1. The molecule has 0 spiro atoms. The Hall–Kier alpha value is -1.82. The lowest BCUT2D eigenvalue weighted by molar-refractivity contribution is 0.0530. The Labute approximate surface area is 150 Å². The standard InChI is InChI=1S/C13H12BrN3O5S2/c1-2-22-12(19)9-10(14)16-13(23-9)17-11(18)7-3-5-8(6-4-7)24(15,20)21/h3-6H,2H2,1H3,(H2,15,20,21)(H,16,17,18). The second-order valence-corrected chi connectivity index (χ2v) is 7.69. The summed E-state index contributed by atoms with van der Waals surface area (Å²) in [5, 5.41) is 7.72. The van der Waals surface area contributed by atoms with E-state index in [1.165, 1.54) is 24.3 Å². The van der Waals surface area contributed by atoms with Gasteiger partial charge in [0.05, 0.1) is 11.5 Å². The van der Waals surface area contributed by atoms with E-state index < -0.39 is 21.9 Å². The van der Waals surface area contributed by atoms with E-state index >= 15 is 0 Å². The highest BCUT2D eigenvalue weighted by atomic mass is 79.9. The lowest BCUT2D eigenvalue weighted by Crippen LogP contribution is -2.14. The number of rotatable bonds is 5. The van der Waals surface area contributed by atoms with Crippen LogP contribution in [0.2, 0.25) is 0 Å². The molecule has 0 aliphatic rings. The van der Waals surface area contributed by atoms with Gasteiger partial charge in [-0.05, 0) is 47.1 Å². The average molecular weight is 434 g/mol. The van der Waals surface area contributed by atoms with Crippen molar-refractivity contribution in [2.75, 3.05) is 11.9 Å². The summed E-state index contributed by atoms with van der Waals surface area (Å²) < 4.78 is 27.5. The van der Waals surface area contributed by atoms with E-state index in [9.17, 15) is 18.0 Å². The molecule has 0 unspecified atom stereocenters. The van der Waals surface area contributed by atoms with Crippen molar-refractivity contribution < 1.29 is 22.7 Å². The highest BCUT2D eigenvalue weighted by Gasteiger charge is 2.19. The number of primary sulfonamides is 1. The number of esters is 1. The minimum Gasteiger partial charge on any atom is -0.462 e. The minimum atomic E-state index is -3.82. The average Bonchev–Trinajstić information content (AvgIpc) is 2.87. The summed E-state index contributed by atoms with van der Waals surface area (Å²) in [6, 6.07) is 5.10. The van der Waals surface area contributed by atoms with Crippen LogP contribution in [0.15, 0.2) is 33.8 Å². The van der Waals surface area contributed by atoms with Gasteiger partial charge in [-0.1, -0.05) is 11.3 Å². The van der Waals surface area contributed by atoms with Gasteiger partial charge >= 0.3 is 5.97 Å². The number of ether oxygens (including phenoxy) is 1. The molecule has 2 rings (SSSR count). The lowest BCUT2D eigenvalue weighted by Gasteiger charge is -2.03. The number of hydrogen-bond donors (Lipinski definition) is 2. The molecule has 1 aromatic carbocycles. The molecule has 3 N–H and O–H groups in total. The van der Waals surface area contributed by atoms with Gasteiger partial charge in [0.2, 0.25) is 10.0 Å². The van der Waals surface area contributed by atoms with Crippen LogP contribution in [0.4, 0.5) is 5.13 Å². The molecule has 8 nitrogen and oxygen atoms in total. The fraction of sp³-hybridized carbons (Fsp3) is 0.154. The van der Waals surface area contributed by atoms with Crippen LogP contribution in [-0.4, -0.2) is 31.9 Å². The molecule has 0 aliphatic carbocycles. The Morgan fingerprint density at radius 3 is 2.50 bits per heavy atom. The van der Waals surface area contributed by atoms with Gasteiger partial charge in [-0.2, -0.15) is 0 Å². The van der Waals surface area contributed by atoms with Crippen molar-refractivity contribution in [3.8, 4) is 0 Å². The number of carbonyl (C=O) groups is 2. The van der Waals surface area contributed by atoms with E-state index in [2.05, 4.69) is 26.2 Å². The summed E-state index contributed by atoms with van der Waals surface area (Å²) in [4.78, 5) is 28.0. The maximum absolute atomic E-state index is 12.1. The molecule has 0 saturated carbocycles. The van der Waals surface area contributed by atoms with Gasteiger partial charge in [-0.3, -0.25) is 10.1 Å². The minimum absolute atomic E-state index is 0.0966. The van der Waals surface area contributed by atoms with Crippen molar-refractivity contribution in [2.45, 2.75) is 11.8 Å². The van der Waals surface area contributed by atoms with Gasteiger partial charge in [0.1, 0.15) is 9.48 Å². The van der Waals surface area contributed by atoms with Crippen molar-refractivity contribution in [3.63, 3.8) is 0 Å². The molecule has 0 fully saturated rings. The number of hydrogen-bond acceptors (Lipinski definition) is 7. The van der Waals surface area contributed by atoms with Crippen LogP contribution in [0, 0.1) is 0 Å². The van der Waals surface area contributed by atoms with Crippen LogP contribution in [0.25, 0.3) is 0 Å². The number of nitrogens with two attached hydrogens (primary N) is 1. The first-order valence-electron chi connectivity index (χ1n) is 6.50. The number of nitrogens with zero attached hydrogens (tertiary/aromatic N) is 1. The fourth-order valence-corrected chi connectivity index (χ4v) is 3.60. The zero-order valence-electron chi connectivity index (χ0n) is 12.3. The first-order chi connectivity index (χ1) is 11.2. The number of amides is 1. The highest BCUT2D eigenvalue weighted by Crippen LogP contribution is 2.28. The monoisotopic (exact) mass is 433 g/mol. The van der Waals surface area contributed by atoms with Crippen LogP contribution in [0.1, 0.15) is 27.0 Å². The van der Waals surface area contributed by atoms with Crippen molar-refractivity contribution in [3.05, 3.63) is 39.3 Å². The predicted molar refractivity (Wildman–Crippen MR) is 91.5 cm³/mol. The molecule has 0 atom stereocenters. The smallest absolute Gasteiger partial charge is 0.351 e. The predicted octanol–water partition coefficient (Wildman–Crippen LogP) is 1.98. The van der Waals surface area contributed by atoms with Crippen molar-refractivity contribution >= 4 is 54.3 Å². The number of thiazole rings is 1. The van der Waals surface area contributed by atoms with Gasteiger partial charge in [0.15, 0.2) is 5.13 Å². The second kappa shape index (κ2) is 7.38. The van der Waals surface area contributed by atoms with Crippen LogP contribution in [0.5, 0.6) is 0 Å². The quantitative estimate of drug-likeness (QED) is 0.693. The van der Waals surface area contributed by atoms with Gasteiger partial charge in [-0.15, -0.1) is 0 Å². The third-order valence-electron chi connectivity index (χ3n) is 2.71. The second-order valence-electron chi connectivity index (χ2n) is 4.38. The summed E-state index contributed by atoms with van der Waals surface area (Å²) in [5.41, 5.74) is 0.214. The van der Waals surface area contributed by atoms with Crippen LogP contribution in [-0.2, 0) is 14.8 Å². The number of sulfonamides is 1. The molecular formula is C13H12BrN3O5S2. The number of nitrogens with one attached hydrogen (secondary N) is 1. The number of anilines is 1. The Kier molecular flexibility index (Phi) is 5.70.